The van der Waals surface area contributed by atoms with Gasteiger partial charge in [0.1, 0.15) is 23.9 Å². The molecule has 5 atom stereocenters. The smallest absolute Gasteiger partial charge is 0.326 e. The summed E-state index contributed by atoms with van der Waals surface area (Å²) in [7, 11) is 0. The van der Waals surface area contributed by atoms with Crippen LogP contribution >= 0.6 is 0 Å². The predicted molar refractivity (Wildman–Crippen MR) is 175 cm³/mol. The van der Waals surface area contributed by atoms with E-state index >= 15 is 0 Å². The van der Waals surface area contributed by atoms with E-state index in [1.165, 1.54) is 12.1 Å². The van der Waals surface area contributed by atoms with Crippen LogP contribution in [0.4, 0.5) is 0 Å². The zero-order valence-electron chi connectivity index (χ0n) is 25.9. The van der Waals surface area contributed by atoms with Crippen LogP contribution in [0, 0.1) is 5.92 Å². The highest BCUT2D eigenvalue weighted by Gasteiger charge is 2.33. The fraction of sp³-hybridized carbons (Fsp3) is 0.314. The number of phenolic OH excluding ortho intramolecular Hbond substituents is 1. The number of carboxylic acids is 1. The molecular formula is C35H41N5O6. The third kappa shape index (κ3) is 8.95. The van der Waals surface area contributed by atoms with Crippen molar-refractivity contribution in [3.05, 3.63) is 102 Å². The number of benzene rings is 3. The molecule has 0 aliphatic rings. The van der Waals surface area contributed by atoms with Crippen LogP contribution in [0.1, 0.15) is 37.0 Å². The number of amides is 3. The molecule has 3 amide bonds. The summed E-state index contributed by atoms with van der Waals surface area (Å²) >= 11 is 0. The number of para-hydroxylation sites is 1. The number of aromatic hydroxyl groups is 1. The van der Waals surface area contributed by atoms with E-state index in [0.29, 0.717) is 12.0 Å². The van der Waals surface area contributed by atoms with Crippen molar-refractivity contribution in [2.45, 2.75) is 63.7 Å². The minimum Gasteiger partial charge on any atom is -0.508 e. The number of aliphatic carboxylic acids is 1. The lowest BCUT2D eigenvalue weighted by Crippen LogP contribution is -2.59. The summed E-state index contributed by atoms with van der Waals surface area (Å²) in [4.78, 5) is 55.9. The van der Waals surface area contributed by atoms with Gasteiger partial charge in [-0.05, 0) is 47.2 Å². The summed E-state index contributed by atoms with van der Waals surface area (Å²) in [5.41, 5.74) is 9.30. The van der Waals surface area contributed by atoms with Gasteiger partial charge in [-0.2, -0.15) is 0 Å². The maximum atomic E-state index is 13.8. The average Bonchev–Trinajstić information content (AvgIpc) is 3.46. The van der Waals surface area contributed by atoms with Gasteiger partial charge in [0.15, 0.2) is 0 Å². The number of hydrogen-bond donors (Lipinski definition) is 7. The van der Waals surface area contributed by atoms with Crippen LogP contribution in [0.15, 0.2) is 85.1 Å². The fourth-order valence-electron chi connectivity index (χ4n) is 5.25. The number of H-pyrrole nitrogens is 1. The quantitative estimate of drug-likeness (QED) is 0.106. The number of aromatic nitrogens is 1. The second kappa shape index (κ2) is 15.7. The molecule has 8 N–H and O–H groups in total. The second-order valence-electron chi connectivity index (χ2n) is 11.6. The first kappa shape index (κ1) is 33.7. The van der Waals surface area contributed by atoms with Gasteiger partial charge in [0.05, 0.1) is 6.04 Å². The molecule has 0 spiro atoms. The van der Waals surface area contributed by atoms with E-state index in [-0.39, 0.29) is 30.9 Å². The number of hydrogen-bond acceptors (Lipinski definition) is 6. The van der Waals surface area contributed by atoms with E-state index in [2.05, 4.69) is 20.9 Å². The third-order valence-electron chi connectivity index (χ3n) is 8.15. The summed E-state index contributed by atoms with van der Waals surface area (Å²) in [5, 5.41) is 28.7. The number of nitrogens with one attached hydrogen (secondary N) is 4. The highest BCUT2D eigenvalue weighted by Crippen LogP contribution is 2.20. The average molecular weight is 628 g/mol. The largest absolute Gasteiger partial charge is 0.508 e. The lowest BCUT2D eigenvalue weighted by molar-refractivity contribution is -0.142. The Hall–Kier alpha value is -5.16. The van der Waals surface area contributed by atoms with E-state index in [1.807, 2.05) is 61.5 Å². The third-order valence-corrected chi connectivity index (χ3v) is 8.15. The maximum absolute atomic E-state index is 13.8. The number of carbonyl (C=O) groups is 4. The van der Waals surface area contributed by atoms with Gasteiger partial charge >= 0.3 is 5.97 Å². The molecule has 4 rings (SSSR count). The minimum absolute atomic E-state index is 0.0328. The monoisotopic (exact) mass is 627 g/mol. The van der Waals surface area contributed by atoms with Crippen LogP contribution in [0.3, 0.4) is 0 Å². The van der Waals surface area contributed by atoms with E-state index in [4.69, 9.17) is 5.73 Å². The van der Waals surface area contributed by atoms with Crippen LogP contribution in [0.25, 0.3) is 10.9 Å². The normalized spacial score (nSPS) is 14.4. The first-order chi connectivity index (χ1) is 22.0. The number of aromatic amines is 1. The van der Waals surface area contributed by atoms with E-state index in [1.54, 1.807) is 25.3 Å². The highest BCUT2D eigenvalue weighted by molar-refractivity contribution is 5.94. The second-order valence-corrected chi connectivity index (χ2v) is 11.6. The molecule has 0 radical (unpaired) electrons. The van der Waals surface area contributed by atoms with Crippen LogP contribution < -0.4 is 21.7 Å². The Morgan fingerprint density at radius 2 is 1.39 bits per heavy atom. The summed E-state index contributed by atoms with van der Waals surface area (Å²) in [5.74, 6) is -3.35. The maximum Gasteiger partial charge on any atom is 0.326 e. The van der Waals surface area contributed by atoms with Crippen molar-refractivity contribution in [1.29, 1.82) is 0 Å². The summed E-state index contributed by atoms with van der Waals surface area (Å²) in [6.07, 6.45) is 2.58. The van der Waals surface area contributed by atoms with E-state index in [9.17, 15) is 29.4 Å². The number of carboxylic acid groups (broad SMARTS) is 1. The molecule has 4 aromatic rings. The molecule has 11 nitrogen and oxygen atoms in total. The summed E-state index contributed by atoms with van der Waals surface area (Å²) in [6, 6.07) is 18.6. The Kier molecular flexibility index (Phi) is 11.5. The van der Waals surface area contributed by atoms with E-state index in [0.717, 1.165) is 22.0 Å². The zero-order valence-corrected chi connectivity index (χ0v) is 25.9. The molecule has 3 aromatic carbocycles. The van der Waals surface area contributed by atoms with Gasteiger partial charge in [-0.1, -0.05) is 80.9 Å². The van der Waals surface area contributed by atoms with Crippen molar-refractivity contribution < 1.29 is 29.4 Å². The summed E-state index contributed by atoms with van der Waals surface area (Å²) < 4.78 is 0. The lowest BCUT2D eigenvalue weighted by atomic mass is 9.96. The minimum atomic E-state index is -1.25. The first-order valence-corrected chi connectivity index (χ1v) is 15.3. The van der Waals surface area contributed by atoms with Crippen molar-refractivity contribution in [3.63, 3.8) is 0 Å². The molecule has 5 unspecified atom stereocenters. The molecule has 0 saturated carbocycles. The fourth-order valence-corrected chi connectivity index (χ4v) is 5.25. The molecular weight excluding hydrogens is 586 g/mol. The predicted octanol–water partition coefficient (Wildman–Crippen LogP) is 2.81. The Balaban J connectivity index is 1.51. The molecule has 0 bridgehead atoms. The number of fused-ring (bicyclic) bond motifs is 1. The molecule has 0 fully saturated rings. The van der Waals surface area contributed by atoms with Gasteiger partial charge in [0.2, 0.25) is 17.7 Å². The number of rotatable bonds is 15. The van der Waals surface area contributed by atoms with Crippen molar-refractivity contribution in [2.24, 2.45) is 11.7 Å². The Morgan fingerprint density at radius 1 is 0.761 bits per heavy atom. The molecule has 1 aromatic heterocycles. The van der Waals surface area contributed by atoms with Gasteiger partial charge in [0.25, 0.3) is 0 Å². The summed E-state index contributed by atoms with van der Waals surface area (Å²) in [6.45, 7) is 3.64. The number of phenols is 1. The van der Waals surface area contributed by atoms with Crippen LogP contribution in [-0.4, -0.2) is 63.1 Å². The molecule has 0 saturated heterocycles. The molecule has 11 heteroatoms. The van der Waals surface area contributed by atoms with Gasteiger partial charge in [-0.25, -0.2) is 4.79 Å². The van der Waals surface area contributed by atoms with Gasteiger partial charge in [-0.15, -0.1) is 0 Å². The SMILES string of the molecule is CCC(C)C(NC(=O)C(Cc1ccc(O)cc1)NC(=O)C(N)Cc1ccccc1)C(=O)NC(Cc1c[nH]c2ccccc12)C(=O)O. The van der Waals surface area contributed by atoms with Gasteiger partial charge < -0.3 is 36.9 Å². The highest BCUT2D eigenvalue weighted by atomic mass is 16.4. The number of carbonyl (C=O) groups excluding carboxylic acids is 3. The van der Waals surface area contributed by atoms with Crippen molar-refractivity contribution in [1.82, 2.24) is 20.9 Å². The van der Waals surface area contributed by atoms with Crippen LogP contribution in [0.5, 0.6) is 5.75 Å². The van der Waals surface area contributed by atoms with Gasteiger partial charge in [0, 0.05) is 29.9 Å². The Bertz CT molecular complexity index is 1640. The van der Waals surface area contributed by atoms with E-state index < -0.39 is 47.9 Å². The topological polar surface area (TPSA) is 187 Å². The first-order valence-electron chi connectivity index (χ1n) is 15.3. The molecule has 0 aliphatic carbocycles. The Morgan fingerprint density at radius 3 is 2.07 bits per heavy atom. The molecule has 242 valence electrons. The van der Waals surface area contributed by atoms with Crippen LogP contribution in [-0.2, 0) is 38.4 Å². The molecule has 0 aliphatic heterocycles. The van der Waals surface area contributed by atoms with Crippen molar-refractivity contribution in [3.8, 4) is 5.75 Å². The van der Waals surface area contributed by atoms with Crippen LogP contribution in [0.2, 0.25) is 0 Å². The zero-order chi connectivity index (χ0) is 33.2. The number of nitrogens with two attached hydrogens (primary N) is 1. The Labute approximate surface area is 267 Å². The van der Waals surface area contributed by atoms with Crippen molar-refractivity contribution >= 4 is 34.6 Å². The molecule has 46 heavy (non-hydrogen) atoms. The van der Waals surface area contributed by atoms with Gasteiger partial charge in [-0.3, -0.25) is 14.4 Å². The molecule has 1 heterocycles. The standard InChI is InChI=1S/C35H41N5O6/c1-3-21(2)31(34(44)39-30(35(45)46)19-24-20-37-28-12-8-7-11-26(24)28)40-33(43)29(18-23-13-15-25(41)16-14-23)38-32(42)27(36)17-22-9-5-4-6-10-22/h4-16,20-21,27,29-31,37,41H,3,17-19,36H2,1-2H3,(H,38,42)(H,39,44)(H,40,43)(H,45,46). The lowest BCUT2D eigenvalue weighted by Gasteiger charge is -2.28. The van der Waals surface area contributed by atoms with Crippen molar-refractivity contribution in [2.75, 3.05) is 0 Å².